The first-order valence-corrected chi connectivity index (χ1v) is 9.41. The zero-order valence-corrected chi connectivity index (χ0v) is 16.5. The first-order chi connectivity index (χ1) is 13.2. The molecule has 1 fully saturated rings. The molecule has 146 valence electrons. The van der Waals surface area contributed by atoms with Crippen molar-refractivity contribution < 1.29 is 9.47 Å². The van der Waals surface area contributed by atoms with Crippen LogP contribution >= 0.6 is 11.6 Å². The second kappa shape index (κ2) is 9.73. The zero-order chi connectivity index (χ0) is 19.1. The predicted molar refractivity (Wildman–Crippen MR) is 106 cm³/mol. The van der Waals surface area contributed by atoms with Crippen molar-refractivity contribution in [2.24, 2.45) is 12.0 Å². The van der Waals surface area contributed by atoms with E-state index >= 15 is 0 Å². The van der Waals surface area contributed by atoms with Crippen LogP contribution in [0.3, 0.4) is 0 Å². The van der Waals surface area contributed by atoms with E-state index in [2.05, 4.69) is 20.3 Å². The van der Waals surface area contributed by atoms with Gasteiger partial charge in [0.25, 0.3) is 0 Å². The Labute approximate surface area is 164 Å². The Balaban J connectivity index is 1.43. The number of aromatic nitrogens is 2. The second-order valence-corrected chi connectivity index (χ2v) is 6.85. The number of morpholine rings is 1. The lowest BCUT2D eigenvalue weighted by Crippen LogP contribution is -2.48. The number of benzene rings is 1. The molecule has 1 aliphatic heterocycles. The molecular formula is C19H26ClN5O2. The van der Waals surface area contributed by atoms with E-state index in [-0.39, 0.29) is 6.10 Å². The molecule has 0 radical (unpaired) electrons. The third-order valence-corrected chi connectivity index (χ3v) is 4.60. The smallest absolute Gasteiger partial charge is 0.193 e. The van der Waals surface area contributed by atoms with Crippen molar-refractivity contribution >= 4 is 17.6 Å². The highest BCUT2D eigenvalue weighted by molar-refractivity contribution is 6.30. The van der Waals surface area contributed by atoms with E-state index in [0.29, 0.717) is 26.4 Å². The summed E-state index contributed by atoms with van der Waals surface area (Å²) in [6, 6.07) is 7.71. The molecule has 0 spiro atoms. The molecular weight excluding hydrogens is 366 g/mol. The Kier molecular flexibility index (Phi) is 7.09. The van der Waals surface area contributed by atoms with Crippen molar-refractivity contribution in [3.05, 3.63) is 52.8 Å². The highest BCUT2D eigenvalue weighted by Crippen LogP contribution is 2.21. The van der Waals surface area contributed by atoms with Gasteiger partial charge in [-0.15, -0.1) is 0 Å². The van der Waals surface area contributed by atoms with Gasteiger partial charge in [-0.1, -0.05) is 23.7 Å². The Bertz CT molecular complexity index is 764. The van der Waals surface area contributed by atoms with Crippen molar-refractivity contribution in [2.45, 2.75) is 12.7 Å². The summed E-state index contributed by atoms with van der Waals surface area (Å²) in [6.45, 7) is 4.02. The van der Waals surface area contributed by atoms with Crippen LogP contribution in [0.2, 0.25) is 5.02 Å². The molecule has 3 rings (SSSR count). The minimum atomic E-state index is 0.00470. The fraction of sp³-hybridized carbons (Fsp3) is 0.474. The van der Waals surface area contributed by atoms with Gasteiger partial charge >= 0.3 is 0 Å². The number of halogens is 1. The Morgan fingerprint density at radius 1 is 1.48 bits per heavy atom. The van der Waals surface area contributed by atoms with Gasteiger partial charge in [-0.2, -0.15) is 5.10 Å². The molecule has 1 saturated heterocycles. The summed E-state index contributed by atoms with van der Waals surface area (Å²) >= 11 is 5.98. The molecule has 2 heterocycles. The number of aryl methyl sites for hydroxylation is 1. The topological polar surface area (TPSA) is 63.9 Å². The average molecular weight is 392 g/mol. The fourth-order valence-corrected chi connectivity index (χ4v) is 3.25. The molecule has 0 bridgehead atoms. The largest absolute Gasteiger partial charge is 0.375 e. The molecule has 1 atom stereocenters. The molecule has 1 aromatic carbocycles. The summed E-state index contributed by atoms with van der Waals surface area (Å²) in [5.74, 6) is 0.860. The van der Waals surface area contributed by atoms with Gasteiger partial charge in [0.2, 0.25) is 0 Å². The van der Waals surface area contributed by atoms with Crippen LogP contribution in [0.15, 0.2) is 41.7 Å². The lowest BCUT2D eigenvalue weighted by molar-refractivity contribution is -0.00816. The van der Waals surface area contributed by atoms with Crippen molar-refractivity contribution in [1.29, 1.82) is 0 Å². The van der Waals surface area contributed by atoms with Crippen LogP contribution in [0.4, 0.5) is 0 Å². The van der Waals surface area contributed by atoms with Crippen LogP contribution < -0.4 is 5.32 Å². The molecule has 7 nitrogen and oxygen atoms in total. The second-order valence-electron chi connectivity index (χ2n) is 6.41. The molecule has 1 N–H and O–H groups in total. The summed E-state index contributed by atoms with van der Waals surface area (Å²) in [5.41, 5.74) is 2.15. The Morgan fingerprint density at radius 2 is 2.37 bits per heavy atom. The molecule has 0 saturated carbocycles. The molecule has 0 aliphatic carbocycles. The number of nitrogens with one attached hydrogen (secondary N) is 1. The monoisotopic (exact) mass is 391 g/mol. The van der Waals surface area contributed by atoms with E-state index < -0.39 is 0 Å². The highest BCUT2D eigenvalue weighted by atomic mass is 35.5. The van der Waals surface area contributed by atoms with Crippen molar-refractivity contribution in [3.8, 4) is 0 Å². The summed E-state index contributed by atoms with van der Waals surface area (Å²) in [7, 11) is 3.71. The molecule has 27 heavy (non-hydrogen) atoms. The van der Waals surface area contributed by atoms with Crippen molar-refractivity contribution in [2.75, 3.05) is 39.9 Å². The molecule has 0 amide bonds. The van der Waals surface area contributed by atoms with E-state index in [9.17, 15) is 0 Å². The van der Waals surface area contributed by atoms with Gasteiger partial charge in [-0.3, -0.25) is 9.67 Å². The molecule has 1 unspecified atom stereocenters. The van der Waals surface area contributed by atoms with E-state index in [4.69, 9.17) is 21.1 Å². The summed E-state index contributed by atoms with van der Waals surface area (Å²) in [6.07, 6.45) is 3.85. The predicted octanol–water partition coefficient (Wildman–Crippen LogP) is 2.24. The zero-order valence-electron chi connectivity index (χ0n) is 15.8. The maximum absolute atomic E-state index is 5.98. The van der Waals surface area contributed by atoms with Crippen LogP contribution in [-0.4, -0.2) is 60.5 Å². The Morgan fingerprint density at radius 3 is 3.11 bits per heavy atom. The number of hydrogen-bond acceptors (Lipinski definition) is 4. The average Bonchev–Trinajstić information content (AvgIpc) is 3.11. The van der Waals surface area contributed by atoms with E-state index in [1.165, 1.54) is 0 Å². The fourth-order valence-electron chi connectivity index (χ4n) is 3.03. The van der Waals surface area contributed by atoms with Crippen LogP contribution in [0.25, 0.3) is 0 Å². The Hall–Kier alpha value is -2.09. The normalized spacial score (nSPS) is 18.0. The van der Waals surface area contributed by atoms with E-state index in [1.807, 2.05) is 43.7 Å². The van der Waals surface area contributed by atoms with Crippen LogP contribution in [0.1, 0.15) is 17.2 Å². The lowest BCUT2D eigenvalue weighted by Gasteiger charge is -2.34. The number of hydrogen-bond donors (Lipinski definition) is 1. The highest BCUT2D eigenvalue weighted by Gasteiger charge is 2.24. The van der Waals surface area contributed by atoms with Gasteiger partial charge < -0.3 is 19.7 Å². The van der Waals surface area contributed by atoms with Gasteiger partial charge in [0.1, 0.15) is 6.10 Å². The number of aliphatic imine (C=N–C) groups is 1. The van der Waals surface area contributed by atoms with Gasteiger partial charge in [-0.05, 0) is 17.7 Å². The lowest BCUT2D eigenvalue weighted by atomic mass is 10.1. The number of nitrogens with zero attached hydrogens (tertiary/aromatic N) is 4. The molecule has 1 aliphatic rings. The SMILES string of the molecule is CN=C(NCCOCc1cccc(Cl)c1)N1CCOC(c2cnn(C)c2)C1. The van der Waals surface area contributed by atoms with Crippen LogP contribution in [-0.2, 0) is 23.1 Å². The third-order valence-electron chi connectivity index (χ3n) is 4.36. The van der Waals surface area contributed by atoms with Gasteiger partial charge in [0.05, 0.1) is 32.6 Å². The molecule has 8 heteroatoms. The summed E-state index contributed by atoms with van der Waals surface area (Å²) < 4.78 is 13.4. The first-order valence-electron chi connectivity index (χ1n) is 9.03. The molecule has 2 aromatic rings. The number of guanidine groups is 1. The third kappa shape index (κ3) is 5.69. The van der Waals surface area contributed by atoms with Crippen LogP contribution in [0.5, 0.6) is 0 Å². The standard InChI is InChI=1S/C19H26ClN5O2/c1-21-19(22-6-8-26-14-15-4-3-5-17(20)10-15)25-7-9-27-18(13-25)16-11-23-24(2)12-16/h3-5,10-12,18H,6-9,13-14H2,1-2H3,(H,21,22). The summed E-state index contributed by atoms with van der Waals surface area (Å²) in [5, 5.41) is 8.32. The summed E-state index contributed by atoms with van der Waals surface area (Å²) in [4.78, 5) is 6.60. The molecule has 1 aromatic heterocycles. The van der Waals surface area contributed by atoms with Crippen molar-refractivity contribution in [1.82, 2.24) is 20.0 Å². The van der Waals surface area contributed by atoms with Crippen LogP contribution in [0, 0.1) is 0 Å². The quantitative estimate of drug-likeness (QED) is 0.465. The maximum atomic E-state index is 5.98. The van der Waals surface area contributed by atoms with Gasteiger partial charge in [-0.25, -0.2) is 0 Å². The maximum Gasteiger partial charge on any atom is 0.193 e. The van der Waals surface area contributed by atoms with Gasteiger partial charge in [0.15, 0.2) is 5.96 Å². The first kappa shape index (κ1) is 19.7. The van der Waals surface area contributed by atoms with E-state index in [1.54, 1.807) is 11.7 Å². The number of rotatable bonds is 6. The minimum Gasteiger partial charge on any atom is -0.375 e. The van der Waals surface area contributed by atoms with Gasteiger partial charge in [0, 0.05) is 44.0 Å². The number of ether oxygens (including phenoxy) is 2. The van der Waals surface area contributed by atoms with Crippen molar-refractivity contribution in [3.63, 3.8) is 0 Å². The minimum absolute atomic E-state index is 0.00470. The van der Waals surface area contributed by atoms with E-state index in [0.717, 1.165) is 35.2 Å².